The van der Waals surface area contributed by atoms with Crippen LogP contribution < -0.4 is 0 Å². The highest BCUT2D eigenvalue weighted by Crippen LogP contribution is 2.25. The van der Waals surface area contributed by atoms with E-state index in [-0.39, 0.29) is 17.9 Å². The molecule has 1 amide bonds. The van der Waals surface area contributed by atoms with Gasteiger partial charge in [0.25, 0.3) is 5.91 Å². The third kappa shape index (κ3) is 2.83. The molecule has 2 aromatic heterocycles. The summed E-state index contributed by atoms with van der Waals surface area (Å²) < 4.78 is 0. The number of hydrogen-bond donors (Lipinski definition) is 2. The summed E-state index contributed by atoms with van der Waals surface area (Å²) in [7, 11) is 1.79. The number of H-pyrrole nitrogens is 1. The molecule has 6 nitrogen and oxygen atoms in total. The van der Waals surface area contributed by atoms with Gasteiger partial charge in [0.05, 0.1) is 11.7 Å². The first-order valence-electron chi connectivity index (χ1n) is 7.80. The van der Waals surface area contributed by atoms with Crippen molar-refractivity contribution < 1.29 is 9.90 Å². The van der Waals surface area contributed by atoms with E-state index >= 15 is 0 Å². The molecule has 0 aromatic carbocycles. The van der Waals surface area contributed by atoms with E-state index in [4.69, 9.17) is 0 Å². The zero-order chi connectivity index (χ0) is 15.7. The standard InChI is InChI=1S/C16H22N4O2/c1-10-13-7-12(8-17-15(13)19-18-10)16(22)20(2)9-11-5-3-4-6-14(11)21/h7-8,11,14,21H,3-6,9H2,1-2H3,(H,17,18,19). The summed E-state index contributed by atoms with van der Waals surface area (Å²) in [5, 5.41) is 17.9. The number of amides is 1. The van der Waals surface area contributed by atoms with Crippen molar-refractivity contribution in [1.29, 1.82) is 0 Å². The van der Waals surface area contributed by atoms with Gasteiger partial charge in [0.15, 0.2) is 5.65 Å². The normalized spacial score (nSPS) is 22.0. The molecule has 2 atom stereocenters. The number of fused-ring (bicyclic) bond motifs is 1. The maximum Gasteiger partial charge on any atom is 0.255 e. The Labute approximate surface area is 129 Å². The molecule has 2 heterocycles. The second-order valence-electron chi connectivity index (χ2n) is 6.24. The highest BCUT2D eigenvalue weighted by atomic mass is 16.3. The van der Waals surface area contributed by atoms with E-state index in [0.29, 0.717) is 17.8 Å². The van der Waals surface area contributed by atoms with Crippen LogP contribution in [-0.4, -0.2) is 50.8 Å². The molecule has 0 saturated heterocycles. The highest BCUT2D eigenvalue weighted by molar-refractivity contribution is 5.97. The highest BCUT2D eigenvalue weighted by Gasteiger charge is 2.26. The van der Waals surface area contributed by atoms with Crippen LogP contribution >= 0.6 is 0 Å². The number of pyridine rings is 1. The Bertz CT molecular complexity index is 682. The number of aromatic nitrogens is 3. The van der Waals surface area contributed by atoms with Gasteiger partial charge in [0.1, 0.15) is 0 Å². The van der Waals surface area contributed by atoms with Gasteiger partial charge in [-0.2, -0.15) is 5.10 Å². The molecular formula is C16H22N4O2. The van der Waals surface area contributed by atoms with Crippen molar-refractivity contribution >= 4 is 16.9 Å². The number of nitrogens with one attached hydrogen (secondary N) is 1. The van der Waals surface area contributed by atoms with Crippen LogP contribution in [0.3, 0.4) is 0 Å². The van der Waals surface area contributed by atoms with E-state index < -0.39 is 0 Å². The monoisotopic (exact) mass is 302 g/mol. The van der Waals surface area contributed by atoms with Gasteiger partial charge in [0, 0.05) is 36.8 Å². The topological polar surface area (TPSA) is 82.1 Å². The van der Waals surface area contributed by atoms with Crippen LogP contribution in [0.5, 0.6) is 0 Å². The average molecular weight is 302 g/mol. The molecule has 1 aliphatic carbocycles. The fraction of sp³-hybridized carbons (Fsp3) is 0.562. The van der Waals surface area contributed by atoms with E-state index in [1.807, 2.05) is 13.0 Å². The van der Waals surface area contributed by atoms with E-state index in [1.54, 1.807) is 18.1 Å². The van der Waals surface area contributed by atoms with Crippen molar-refractivity contribution in [2.75, 3.05) is 13.6 Å². The molecule has 0 radical (unpaired) electrons. The molecule has 0 spiro atoms. The SMILES string of the molecule is Cc1[nH]nc2ncc(C(=O)N(C)CC3CCCCC3O)cc12. The van der Waals surface area contributed by atoms with E-state index in [2.05, 4.69) is 15.2 Å². The Kier molecular flexibility index (Phi) is 4.11. The number of carbonyl (C=O) groups excluding carboxylic acids is 1. The Morgan fingerprint density at radius 1 is 1.45 bits per heavy atom. The number of rotatable bonds is 3. The van der Waals surface area contributed by atoms with E-state index in [1.165, 1.54) is 0 Å². The van der Waals surface area contributed by atoms with Crippen molar-refractivity contribution in [3.63, 3.8) is 0 Å². The van der Waals surface area contributed by atoms with Gasteiger partial charge in [-0.1, -0.05) is 12.8 Å². The fourth-order valence-corrected chi connectivity index (χ4v) is 3.19. The summed E-state index contributed by atoms with van der Waals surface area (Å²) in [6.07, 6.45) is 5.31. The van der Waals surface area contributed by atoms with Gasteiger partial charge in [-0.05, 0) is 25.8 Å². The zero-order valence-electron chi connectivity index (χ0n) is 13.0. The third-order valence-corrected chi connectivity index (χ3v) is 4.57. The molecule has 2 N–H and O–H groups in total. The van der Waals surface area contributed by atoms with Gasteiger partial charge in [0.2, 0.25) is 0 Å². The largest absolute Gasteiger partial charge is 0.393 e. The van der Waals surface area contributed by atoms with Gasteiger partial charge >= 0.3 is 0 Å². The molecule has 0 bridgehead atoms. The van der Waals surface area contributed by atoms with Crippen LogP contribution in [-0.2, 0) is 0 Å². The minimum Gasteiger partial charge on any atom is -0.393 e. The second kappa shape index (κ2) is 6.04. The van der Waals surface area contributed by atoms with Crippen molar-refractivity contribution in [3.05, 3.63) is 23.5 Å². The number of aromatic amines is 1. The molecule has 2 aromatic rings. The Hall–Kier alpha value is -1.95. The summed E-state index contributed by atoms with van der Waals surface area (Å²) in [6, 6.07) is 1.83. The van der Waals surface area contributed by atoms with Gasteiger partial charge in [-0.15, -0.1) is 0 Å². The Morgan fingerprint density at radius 3 is 3.00 bits per heavy atom. The minimum absolute atomic E-state index is 0.0622. The lowest BCUT2D eigenvalue weighted by atomic mass is 9.86. The van der Waals surface area contributed by atoms with Crippen LogP contribution in [0.4, 0.5) is 0 Å². The quantitative estimate of drug-likeness (QED) is 0.907. The predicted octanol–water partition coefficient (Wildman–Crippen LogP) is 1.89. The molecule has 6 heteroatoms. The van der Waals surface area contributed by atoms with E-state index in [0.717, 1.165) is 36.8 Å². The summed E-state index contributed by atoms with van der Waals surface area (Å²) in [4.78, 5) is 18.5. The molecule has 1 aliphatic rings. The first-order chi connectivity index (χ1) is 10.6. The first-order valence-corrected chi connectivity index (χ1v) is 7.80. The number of aryl methyl sites for hydroxylation is 1. The van der Waals surface area contributed by atoms with Gasteiger partial charge < -0.3 is 10.0 Å². The lowest BCUT2D eigenvalue weighted by Crippen LogP contribution is -2.38. The number of aliphatic hydroxyl groups is 1. The molecule has 1 saturated carbocycles. The molecule has 1 fully saturated rings. The Balaban J connectivity index is 1.74. The minimum atomic E-state index is -0.291. The number of aliphatic hydroxyl groups excluding tert-OH is 1. The fourth-order valence-electron chi connectivity index (χ4n) is 3.19. The molecule has 3 rings (SSSR count). The predicted molar refractivity (Wildman–Crippen MR) is 83.6 cm³/mol. The van der Waals surface area contributed by atoms with Crippen LogP contribution in [0.1, 0.15) is 41.7 Å². The number of nitrogens with zero attached hydrogens (tertiary/aromatic N) is 3. The van der Waals surface area contributed by atoms with Crippen molar-refractivity contribution in [3.8, 4) is 0 Å². The number of hydrogen-bond acceptors (Lipinski definition) is 4. The molecule has 22 heavy (non-hydrogen) atoms. The Morgan fingerprint density at radius 2 is 2.23 bits per heavy atom. The second-order valence-corrected chi connectivity index (χ2v) is 6.24. The summed E-state index contributed by atoms with van der Waals surface area (Å²) in [5.74, 6) is 0.114. The van der Waals surface area contributed by atoms with E-state index in [9.17, 15) is 9.90 Å². The maximum atomic E-state index is 12.6. The maximum absolute atomic E-state index is 12.6. The molecule has 0 aliphatic heterocycles. The van der Waals surface area contributed by atoms with Crippen LogP contribution in [0, 0.1) is 12.8 Å². The molecule has 2 unspecified atom stereocenters. The molecular weight excluding hydrogens is 280 g/mol. The van der Waals surface area contributed by atoms with Crippen LogP contribution in [0.25, 0.3) is 11.0 Å². The van der Waals surface area contributed by atoms with Crippen molar-refractivity contribution in [2.24, 2.45) is 5.92 Å². The molecule has 118 valence electrons. The third-order valence-electron chi connectivity index (χ3n) is 4.57. The van der Waals surface area contributed by atoms with Crippen molar-refractivity contribution in [2.45, 2.75) is 38.7 Å². The summed E-state index contributed by atoms with van der Waals surface area (Å²) >= 11 is 0. The smallest absolute Gasteiger partial charge is 0.255 e. The average Bonchev–Trinajstić information content (AvgIpc) is 2.89. The van der Waals surface area contributed by atoms with Crippen molar-refractivity contribution in [1.82, 2.24) is 20.1 Å². The summed E-state index contributed by atoms with van der Waals surface area (Å²) in [5.41, 5.74) is 2.09. The first kappa shape index (κ1) is 15.0. The lowest BCUT2D eigenvalue weighted by molar-refractivity contribution is 0.0451. The van der Waals surface area contributed by atoms with Gasteiger partial charge in [-0.3, -0.25) is 9.89 Å². The zero-order valence-corrected chi connectivity index (χ0v) is 13.0. The van der Waals surface area contributed by atoms with Gasteiger partial charge in [-0.25, -0.2) is 4.98 Å². The summed E-state index contributed by atoms with van der Waals surface area (Å²) in [6.45, 7) is 2.50. The lowest BCUT2D eigenvalue weighted by Gasteiger charge is -2.31. The van der Waals surface area contributed by atoms with Crippen LogP contribution in [0.15, 0.2) is 12.3 Å². The van der Waals surface area contributed by atoms with Crippen LogP contribution in [0.2, 0.25) is 0 Å². The number of carbonyl (C=O) groups is 1.